The second kappa shape index (κ2) is 1.59. The molecular weight excluding hydrogens is 94.1 g/mol. The van der Waals surface area contributed by atoms with Gasteiger partial charge in [0.1, 0.15) is 0 Å². The van der Waals surface area contributed by atoms with E-state index in [1.807, 2.05) is 0 Å². The van der Waals surface area contributed by atoms with E-state index in [1.54, 1.807) is 6.20 Å². The predicted molar refractivity (Wildman–Crippen MR) is 22.0 cm³/mol. The van der Waals surface area contributed by atoms with E-state index in [9.17, 15) is 0 Å². The van der Waals surface area contributed by atoms with Gasteiger partial charge in [-0.1, -0.05) is 4.85 Å². The average Bonchev–Trinajstić information content (AvgIpc) is 2.14. The Morgan fingerprint density at radius 1 is 1.71 bits per heavy atom. The highest BCUT2D eigenvalue weighted by Crippen LogP contribution is 1.69. The van der Waals surface area contributed by atoms with E-state index in [1.165, 1.54) is 6.20 Å². The van der Waals surface area contributed by atoms with Crippen LogP contribution in [0.3, 0.4) is 0 Å². The predicted octanol–water partition coefficient (Wildman–Crippen LogP) is -0.502. The number of hydrogen-bond donors (Lipinski definition) is 0. The third kappa shape index (κ3) is 0.677. The third-order valence-corrected chi connectivity index (χ3v) is 0.533. The summed E-state index contributed by atoms with van der Waals surface area (Å²) in [5, 5.41) is 6.86. The quantitative estimate of drug-likeness (QED) is 0.475. The van der Waals surface area contributed by atoms with Crippen LogP contribution in [0.15, 0.2) is 12.4 Å². The Balaban J connectivity index is 2.76. The summed E-state index contributed by atoms with van der Waals surface area (Å²) in [7, 11) is 3.09. The van der Waals surface area contributed by atoms with E-state index in [-0.39, 0.29) is 0 Å². The molecule has 1 aromatic rings. The zero-order valence-electron chi connectivity index (χ0n) is 3.61. The first-order chi connectivity index (χ1) is 3.43. The molecule has 0 fully saturated rings. The Hall–Kier alpha value is -1.06. The van der Waals surface area contributed by atoms with E-state index < -0.39 is 0 Å². The highest BCUT2D eigenvalue weighted by atomic mass is 16.7. The van der Waals surface area contributed by atoms with Crippen molar-refractivity contribution in [2.45, 2.75) is 0 Å². The summed E-state index contributed by atoms with van der Waals surface area (Å²) in [4.78, 5) is 5.50. The highest BCUT2D eigenvalue weighted by molar-refractivity contribution is 4.58. The normalized spacial score (nSPS) is 8.71. The Morgan fingerprint density at radius 2 is 2.57 bits per heavy atom. The smallest absolute Gasteiger partial charge is 0.153 e. The standard InChI is InChI=1S/C3H4N3O/c1-7-6-3-2-4-5-6/h2-3H,1H2. The zero-order chi connectivity index (χ0) is 5.11. The van der Waals surface area contributed by atoms with Gasteiger partial charge in [0.15, 0.2) is 7.11 Å². The molecule has 0 bridgehead atoms. The molecular formula is C3H4N3O. The number of rotatable bonds is 1. The molecule has 37 valence electrons. The molecule has 0 aliphatic rings. The molecule has 1 rings (SSSR count). The molecule has 0 aliphatic heterocycles. The third-order valence-electron chi connectivity index (χ3n) is 0.533. The lowest BCUT2D eigenvalue weighted by molar-refractivity contribution is 0.163. The van der Waals surface area contributed by atoms with Gasteiger partial charge >= 0.3 is 0 Å². The lowest BCUT2D eigenvalue weighted by Crippen LogP contribution is -2.02. The Labute approximate surface area is 40.7 Å². The van der Waals surface area contributed by atoms with E-state index in [4.69, 9.17) is 0 Å². The fourth-order valence-corrected chi connectivity index (χ4v) is 0.266. The Kier molecular flexibility index (Phi) is 0.934. The van der Waals surface area contributed by atoms with Gasteiger partial charge in [-0.2, -0.15) is 0 Å². The van der Waals surface area contributed by atoms with Crippen LogP contribution < -0.4 is 4.84 Å². The first-order valence-electron chi connectivity index (χ1n) is 1.72. The summed E-state index contributed by atoms with van der Waals surface area (Å²) in [6, 6.07) is 0. The van der Waals surface area contributed by atoms with Gasteiger partial charge in [0.25, 0.3) is 0 Å². The summed E-state index contributed by atoms with van der Waals surface area (Å²) in [6.45, 7) is 0. The topological polar surface area (TPSA) is 39.9 Å². The van der Waals surface area contributed by atoms with Crippen LogP contribution in [0.25, 0.3) is 0 Å². The zero-order valence-corrected chi connectivity index (χ0v) is 3.61. The molecule has 0 spiro atoms. The maximum absolute atomic E-state index is 4.35. The van der Waals surface area contributed by atoms with Crippen LogP contribution >= 0.6 is 0 Å². The summed E-state index contributed by atoms with van der Waals surface area (Å²) in [6.07, 6.45) is 3.05. The minimum Gasteiger partial charge on any atom is -0.392 e. The number of aromatic nitrogens is 3. The lowest BCUT2D eigenvalue weighted by Gasteiger charge is -1.89. The van der Waals surface area contributed by atoms with Crippen LogP contribution in [0.4, 0.5) is 0 Å². The molecule has 0 aromatic carbocycles. The molecule has 1 heterocycles. The second-order valence-electron chi connectivity index (χ2n) is 0.935. The molecule has 0 aliphatic carbocycles. The highest BCUT2D eigenvalue weighted by Gasteiger charge is 1.79. The maximum atomic E-state index is 4.35. The number of nitrogens with zero attached hydrogens (tertiary/aromatic N) is 3. The SMILES string of the molecule is [CH2]On1ccnn1. The molecule has 4 heteroatoms. The van der Waals surface area contributed by atoms with E-state index in [2.05, 4.69) is 22.3 Å². The van der Waals surface area contributed by atoms with Gasteiger partial charge in [0.05, 0.1) is 12.4 Å². The molecule has 1 radical (unpaired) electrons. The molecule has 0 atom stereocenters. The second-order valence-corrected chi connectivity index (χ2v) is 0.935. The van der Waals surface area contributed by atoms with Gasteiger partial charge in [0.2, 0.25) is 0 Å². The van der Waals surface area contributed by atoms with Crippen molar-refractivity contribution < 1.29 is 4.84 Å². The summed E-state index contributed by atoms with van der Waals surface area (Å²) < 4.78 is 0. The Bertz CT molecular complexity index is 125. The van der Waals surface area contributed by atoms with Crippen molar-refractivity contribution in [3.05, 3.63) is 19.5 Å². The van der Waals surface area contributed by atoms with Gasteiger partial charge < -0.3 is 4.84 Å². The van der Waals surface area contributed by atoms with Crippen LogP contribution in [0.5, 0.6) is 0 Å². The first kappa shape index (κ1) is 4.11. The Morgan fingerprint density at radius 3 is 2.86 bits per heavy atom. The van der Waals surface area contributed by atoms with Gasteiger partial charge in [-0.15, -0.1) is 5.10 Å². The first-order valence-corrected chi connectivity index (χ1v) is 1.72. The van der Waals surface area contributed by atoms with Crippen LogP contribution in [-0.2, 0) is 0 Å². The van der Waals surface area contributed by atoms with E-state index >= 15 is 0 Å². The molecule has 0 saturated heterocycles. The minimum atomic E-state index is 1.15. The van der Waals surface area contributed by atoms with Crippen LogP contribution in [0.1, 0.15) is 0 Å². The van der Waals surface area contributed by atoms with Crippen molar-refractivity contribution in [2.75, 3.05) is 0 Å². The van der Waals surface area contributed by atoms with Crippen LogP contribution in [0, 0.1) is 7.11 Å². The van der Waals surface area contributed by atoms with E-state index in [0.717, 1.165) is 4.85 Å². The van der Waals surface area contributed by atoms with Gasteiger partial charge in [-0.25, -0.2) is 0 Å². The van der Waals surface area contributed by atoms with Gasteiger partial charge in [-0.05, 0) is 5.21 Å². The molecule has 1 aromatic heterocycles. The van der Waals surface area contributed by atoms with Crippen molar-refractivity contribution >= 4 is 0 Å². The molecule has 0 saturated carbocycles. The molecule has 0 N–H and O–H groups in total. The van der Waals surface area contributed by atoms with Gasteiger partial charge in [-0.3, -0.25) is 0 Å². The van der Waals surface area contributed by atoms with Gasteiger partial charge in [0, 0.05) is 0 Å². The van der Waals surface area contributed by atoms with Crippen molar-refractivity contribution in [2.24, 2.45) is 0 Å². The summed E-state index contributed by atoms with van der Waals surface area (Å²) in [5.74, 6) is 0. The molecule has 7 heavy (non-hydrogen) atoms. The van der Waals surface area contributed by atoms with Crippen molar-refractivity contribution in [1.82, 2.24) is 15.2 Å². The minimum absolute atomic E-state index is 1.15. The average molecular weight is 98.1 g/mol. The maximum Gasteiger partial charge on any atom is 0.153 e. The van der Waals surface area contributed by atoms with E-state index in [0.29, 0.717) is 0 Å². The molecule has 0 amide bonds. The summed E-state index contributed by atoms with van der Waals surface area (Å²) >= 11 is 0. The van der Waals surface area contributed by atoms with Crippen molar-refractivity contribution in [3.8, 4) is 0 Å². The van der Waals surface area contributed by atoms with Crippen LogP contribution in [0.2, 0.25) is 0 Å². The fourth-order valence-electron chi connectivity index (χ4n) is 0.266. The molecule has 4 nitrogen and oxygen atoms in total. The van der Waals surface area contributed by atoms with Crippen molar-refractivity contribution in [3.63, 3.8) is 0 Å². The monoisotopic (exact) mass is 98.0 g/mol. The largest absolute Gasteiger partial charge is 0.392 e. The fraction of sp³-hybridized carbons (Fsp3) is 0. The lowest BCUT2D eigenvalue weighted by atomic mass is 11.0. The number of hydrogen-bond acceptors (Lipinski definition) is 3. The summed E-state index contributed by atoms with van der Waals surface area (Å²) in [5.41, 5.74) is 0. The van der Waals surface area contributed by atoms with Crippen molar-refractivity contribution in [1.29, 1.82) is 0 Å². The van der Waals surface area contributed by atoms with Crippen LogP contribution in [-0.4, -0.2) is 15.2 Å². The molecule has 0 unspecified atom stereocenters.